The Bertz CT molecular complexity index is 358. The van der Waals surface area contributed by atoms with Crippen LogP contribution in [-0.4, -0.2) is 23.9 Å². The van der Waals surface area contributed by atoms with E-state index in [1.807, 2.05) is 6.92 Å². The Hall–Kier alpha value is -0.0800. The lowest BCUT2D eigenvalue weighted by atomic mass is 9.55. The zero-order valence-corrected chi connectivity index (χ0v) is 16.8. The highest BCUT2D eigenvalue weighted by atomic mass is 16.5. The standard InChI is InChI=1S/C23H42O2/c1-3-20(12-8-9-17(2)24)25-16-23-21-13-6-4-10-18(21)15-19-11-5-7-14-22(19)23/h17-24H,3-16H2,1-2H3/t17-,18?,19?,20?,21?,22?,23?/m1/s1. The summed E-state index contributed by atoms with van der Waals surface area (Å²) in [5, 5.41) is 9.49. The molecule has 0 heterocycles. The van der Waals surface area contributed by atoms with Gasteiger partial charge >= 0.3 is 0 Å². The van der Waals surface area contributed by atoms with E-state index in [1.54, 1.807) is 0 Å². The van der Waals surface area contributed by atoms with Crippen molar-refractivity contribution in [3.8, 4) is 0 Å². The SMILES string of the molecule is CCC(CCC[C@@H](C)O)OCC1C2CCCCC2CC2CCCCC21. The van der Waals surface area contributed by atoms with E-state index in [4.69, 9.17) is 4.74 Å². The first-order valence-corrected chi connectivity index (χ1v) is 11.5. The Morgan fingerprint density at radius 3 is 2.08 bits per heavy atom. The fraction of sp³-hybridized carbons (Fsp3) is 1.00. The maximum Gasteiger partial charge on any atom is 0.0572 e. The van der Waals surface area contributed by atoms with Gasteiger partial charge in [0.15, 0.2) is 0 Å². The highest BCUT2D eigenvalue weighted by Crippen LogP contribution is 2.53. The predicted molar refractivity (Wildman–Crippen MR) is 105 cm³/mol. The smallest absolute Gasteiger partial charge is 0.0572 e. The molecule has 6 atom stereocenters. The van der Waals surface area contributed by atoms with Crippen molar-refractivity contribution in [2.24, 2.45) is 29.6 Å². The first-order chi connectivity index (χ1) is 12.2. The third-order valence-corrected chi connectivity index (χ3v) is 7.77. The van der Waals surface area contributed by atoms with Gasteiger partial charge < -0.3 is 9.84 Å². The fourth-order valence-corrected chi connectivity index (χ4v) is 6.43. The summed E-state index contributed by atoms with van der Waals surface area (Å²) in [7, 11) is 0. The van der Waals surface area contributed by atoms with Crippen molar-refractivity contribution >= 4 is 0 Å². The van der Waals surface area contributed by atoms with Crippen molar-refractivity contribution < 1.29 is 9.84 Å². The number of aliphatic hydroxyl groups is 1. The van der Waals surface area contributed by atoms with Crippen LogP contribution in [0.15, 0.2) is 0 Å². The average molecular weight is 351 g/mol. The van der Waals surface area contributed by atoms with Gasteiger partial charge in [-0.1, -0.05) is 45.4 Å². The van der Waals surface area contributed by atoms with Gasteiger partial charge in [-0.15, -0.1) is 0 Å². The van der Waals surface area contributed by atoms with Gasteiger partial charge in [0.05, 0.1) is 18.8 Å². The highest BCUT2D eigenvalue weighted by molar-refractivity contribution is 4.95. The highest BCUT2D eigenvalue weighted by Gasteiger charge is 2.45. The quantitative estimate of drug-likeness (QED) is 0.585. The Balaban J connectivity index is 1.56. The molecule has 3 rings (SSSR count). The molecule has 0 radical (unpaired) electrons. The van der Waals surface area contributed by atoms with E-state index >= 15 is 0 Å². The van der Waals surface area contributed by atoms with Crippen molar-refractivity contribution in [2.45, 2.75) is 110 Å². The summed E-state index contributed by atoms with van der Waals surface area (Å²) < 4.78 is 6.53. The van der Waals surface area contributed by atoms with Gasteiger partial charge in [0.2, 0.25) is 0 Å². The van der Waals surface area contributed by atoms with Gasteiger partial charge in [-0.3, -0.25) is 0 Å². The molecule has 0 amide bonds. The fourth-order valence-electron chi connectivity index (χ4n) is 6.43. The molecule has 1 N–H and O–H groups in total. The van der Waals surface area contributed by atoms with Crippen LogP contribution < -0.4 is 0 Å². The minimum Gasteiger partial charge on any atom is -0.393 e. The monoisotopic (exact) mass is 350 g/mol. The van der Waals surface area contributed by atoms with Gasteiger partial charge in [-0.05, 0) is 81.5 Å². The molecular weight excluding hydrogens is 308 g/mol. The Morgan fingerprint density at radius 2 is 1.52 bits per heavy atom. The molecule has 0 saturated heterocycles. The van der Waals surface area contributed by atoms with Gasteiger partial charge in [0.25, 0.3) is 0 Å². The maximum atomic E-state index is 9.49. The number of ether oxygens (including phenoxy) is 1. The van der Waals surface area contributed by atoms with Crippen molar-refractivity contribution in [3.05, 3.63) is 0 Å². The summed E-state index contributed by atoms with van der Waals surface area (Å²) in [6.45, 7) is 5.19. The number of fused-ring (bicyclic) bond motifs is 2. The van der Waals surface area contributed by atoms with E-state index in [9.17, 15) is 5.11 Å². The van der Waals surface area contributed by atoms with Crippen LogP contribution in [0.25, 0.3) is 0 Å². The molecule has 0 aromatic rings. The summed E-state index contributed by atoms with van der Waals surface area (Å²) in [5.74, 6) is 4.79. The van der Waals surface area contributed by atoms with E-state index in [2.05, 4.69) is 6.92 Å². The lowest BCUT2D eigenvalue weighted by molar-refractivity contribution is -0.0750. The first kappa shape index (κ1) is 19.7. The predicted octanol–water partition coefficient (Wildman–Crippen LogP) is 5.97. The molecule has 3 fully saturated rings. The van der Waals surface area contributed by atoms with Crippen LogP contribution >= 0.6 is 0 Å². The number of hydrogen-bond acceptors (Lipinski definition) is 2. The molecular formula is C23H42O2. The van der Waals surface area contributed by atoms with E-state index < -0.39 is 0 Å². The summed E-state index contributed by atoms with van der Waals surface area (Å²) >= 11 is 0. The Kier molecular flexibility index (Phi) is 7.66. The lowest BCUT2D eigenvalue weighted by Crippen LogP contribution is -2.45. The van der Waals surface area contributed by atoms with Gasteiger partial charge in [-0.25, -0.2) is 0 Å². The van der Waals surface area contributed by atoms with E-state index in [1.165, 1.54) is 57.8 Å². The lowest BCUT2D eigenvalue weighted by Gasteiger charge is -2.51. The summed E-state index contributed by atoms with van der Waals surface area (Å²) in [4.78, 5) is 0. The molecule has 3 saturated carbocycles. The molecule has 0 aromatic heterocycles. The van der Waals surface area contributed by atoms with Gasteiger partial charge in [0, 0.05) is 0 Å². The van der Waals surface area contributed by atoms with Crippen molar-refractivity contribution in [1.29, 1.82) is 0 Å². The van der Waals surface area contributed by atoms with Crippen molar-refractivity contribution in [2.75, 3.05) is 6.61 Å². The van der Waals surface area contributed by atoms with Crippen molar-refractivity contribution in [1.82, 2.24) is 0 Å². The molecule has 25 heavy (non-hydrogen) atoms. The van der Waals surface area contributed by atoms with Crippen LogP contribution in [0.5, 0.6) is 0 Å². The largest absolute Gasteiger partial charge is 0.393 e. The second kappa shape index (κ2) is 9.74. The van der Waals surface area contributed by atoms with Crippen molar-refractivity contribution in [3.63, 3.8) is 0 Å². The molecule has 0 spiro atoms. The second-order valence-electron chi connectivity index (χ2n) is 9.46. The molecule has 2 nitrogen and oxygen atoms in total. The molecule has 3 aliphatic carbocycles. The van der Waals surface area contributed by atoms with Gasteiger partial charge in [0.1, 0.15) is 0 Å². The van der Waals surface area contributed by atoms with E-state index in [0.29, 0.717) is 6.10 Å². The second-order valence-corrected chi connectivity index (χ2v) is 9.46. The zero-order valence-electron chi connectivity index (χ0n) is 16.8. The normalized spacial score (nSPS) is 37.8. The topological polar surface area (TPSA) is 29.5 Å². The third kappa shape index (κ3) is 5.22. The minimum atomic E-state index is -0.165. The Morgan fingerprint density at radius 1 is 0.920 bits per heavy atom. The van der Waals surface area contributed by atoms with Crippen LogP contribution in [0.2, 0.25) is 0 Å². The van der Waals surface area contributed by atoms with Crippen LogP contribution in [0, 0.1) is 29.6 Å². The molecule has 3 aliphatic rings. The Labute approximate surface area is 156 Å². The summed E-state index contributed by atoms with van der Waals surface area (Å²) in [5.41, 5.74) is 0. The molecule has 0 bridgehead atoms. The van der Waals surface area contributed by atoms with E-state index in [-0.39, 0.29) is 6.10 Å². The van der Waals surface area contributed by atoms with Crippen LogP contribution in [0.3, 0.4) is 0 Å². The van der Waals surface area contributed by atoms with Crippen LogP contribution in [0.4, 0.5) is 0 Å². The summed E-state index contributed by atoms with van der Waals surface area (Å²) in [6.07, 6.45) is 17.8. The average Bonchev–Trinajstić information content (AvgIpc) is 2.63. The number of hydrogen-bond donors (Lipinski definition) is 1. The summed E-state index contributed by atoms with van der Waals surface area (Å²) in [6, 6.07) is 0. The van der Waals surface area contributed by atoms with E-state index in [0.717, 1.165) is 61.9 Å². The molecule has 2 heteroatoms. The number of aliphatic hydroxyl groups excluding tert-OH is 1. The van der Waals surface area contributed by atoms with Crippen LogP contribution in [-0.2, 0) is 4.74 Å². The molecule has 0 aliphatic heterocycles. The maximum absolute atomic E-state index is 9.49. The molecule has 5 unspecified atom stereocenters. The molecule has 146 valence electrons. The first-order valence-electron chi connectivity index (χ1n) is 11.5. The minimum absolute atomic E-state index is 0.165. The van der Waals surface area contributed by atoms with Gasteiger partial charge in [-0.2, -0.15) is 0 Å². The molecule has 0 aromatic carbocycles. The third-order valence-electron chi connectivity index (χ3n) is 7.77. The number of rotatable bonds is 8. The van der Waals surface area contributed by atoms with Crippen LogP contribution in [0.1, 0.15) is 97.3 Å². The zero-order chi connectivity index (χ0) is 17.6.